The number of nitrogens with zero attached hydrogens (tertiary/aromatic N) is 1. The van der Waals surface area contributed by atoms with E-state index in [1.54, 1.807) is 12.5 Å². The summed E-state index contributed by atoms with van der Waals surface area (Å²) in [4.78, 5) is 2.37. The van der Waals surface area contributed by atoms with E-state index in [1.165, 1.54) is 6.42 Å². The first-order chi connectivity index (χ1) is 8.78. The van der Waals surface area contributed by atoms with Gasteiger partial charge in [-0.25, -0.2) is 0 Å². The average molecular weight is 247 g/mol. The van der Waals surface area contributed by atoms with Crippen LogP contribution < -0.4 is 0 Å². The molecule has 0 fully saturated rings. The van der Waals surface area contributed by atoms with E-state index in [4.69, 9.17) is 8.83 Å². The highest BCUT2D eigenvalue weighted by Gasteiger charge is 2.13. The van der Waals surface area contributed by atoms with Crippen LogP contribution in [0.15, 0.2) is 45.6 Å². The van der Waals surface area contributed by atoms with E-state index >= 15 is 0 Å². The molecule has 1 atom stereocenters. The SMILES string of the molecule is CC[C@@H](C)CN(Cc1ccco1)Cc1ccco1. The van der Waals surface area contributed by atoms with E-state index in [0.29, 0.717) is 5.92 Å². The normalized spacial score (nSPS) is 13.1. The summed E-state index contributed by atoms with van der Waals surface area (Å²) < 4.78 is 10.9. The van der Waals surface area contributed by atoms with Crippen molar-refractivity contribution in [3.63, 3.8) is 0 Å². The van der Waals surface area contributed by atoms with Crippen LogP contribution in [0.4, 0.5) is 0 Å². The van der Waals surface area contributed by atoms with Gasteiger partial charge >= 0.3 is 0 Å². The fourth-order valence-electron chi connectivity index (χ4n) is 2.00. The van der Waals surface area contributed by atoms with Gasteiger partial charge in [-0.3, -0.25) is 4.90 Å². The summed E-state index contributed by atoms with van der Waals surface area (Å²) in [6, 6.07) is 7.91. The lowest BCUT2D eigenvalue weighted by atomic mass is 10.1. The van der Waals surface area contributed by atoms with Gasteiger partial charge in [0.2, 0.25) is 0 Å². The Labute approximate surface area is 108 Å². The molecular formula is C15H21NO2. The van der Waals surface area contributed by atoms with Gasteiger partial charge in [0, 0.05) is 6.54 Å². The Kier molecular flexibility index (Phi) is 4.65. The molecule has 3 heteroatoms. The zero-order valence-corrected chi connectivity index (χ0v) is 11.1. The molecular weight excluding hydrogens is 226 g/mol. The summed E-state index contributed by atoms with van der Waals surface area (Å²) in [5.74, 6) is 2.68. The third-order valence-electron chi connectivity index (χ3n) is 3.19. The molecule has 0 aliphatic heterocycles. The third kappa shape index (κ3) is 3.77. The van der Waals surface area contributed by atoms with Gasteiger partial charge in [-0.2, -0.15) is 0 Å². The van der Waals surface area contributed by atoms with Crippen LogP contribution in [0.25, 0.3) is 0 Å². The van der Waals surface area contributed by atoms with E-state index in [0.717, 1.165) is 31.2 Å². The minimum Gasteiger partial charge on any atom is -0.468 e. The maximum absolute atomic E-state index is 5.43. The Morgan fingerprint density at radius 2 is 1.61 bits per heavy atom. The minimum absolute atomic E-state index is 0.676. The molecule has 2 rings (SSSR count). The van der Waals surface area contributed by atoms with Gasteiger partial charge in [-0.15, -0.1) is 0 Å². The second kappa shape index (κ2) is 6.45. The van der Waals surface area contributed by atoms with Gasteiger partial charge in [0.05, 0.1) is 25.6 Å². The quantitative estimate of drug-likeness (QED) is 0.742. The molecule has 0 unspecified atom stereocenters. The molecule has 3 nitrogen and oxygen atoms in total. The molecule has 0 spiro atoms. The number of furan rings is 2. The second-order valence-electron chi connectivity index (χ2n) is 4.84. The lowest BCUT2D eigenvalue weighted by molar-refractivity contribution is 0.189. The van der Waals surface area contributed by atoms with Crippen molar-refractivity contribution in [1.82, 2.24) is 4.90 Å². The Balaban J connectivity index is 1.97. The van der Waals surface area contributed by atoms with Crippen molar-refractivity contribution >= 4 is 0 Å². The fourth-order valence-corrected chi connectivity index (χ4v) is 2.00. The maximum atomic E-state index is 5.43. The Morgan fingerprint density at radius 1 is 1.06 bits per heavy atom. The van der Waals surface area contributed by atoms with Crippen LogP contribution in [-0.2, 0) is 13.1 Å². The first-order valence-corrected chi connectivity index (χ1v) is 6.55. The monoisotopic (exact) mass is 247 g/mol. The summed E-state index contributed by atoms with van der Waals surface area (Å²) in [6.45, 7) is 7.22. The zero-order valence-electron chi connectivity index (χ0n) is 11.1. The molecule has 2 aromatic rings. The fraction of sp³-hybridized carbons (Fsp3) is 0.467. The van der Waals surface area contributed by atoms with E-state index in [-0.39, 0.29) is 0 Å². The molecule has 0 radical (unpaired) electrons. The molecule has 2 heterocycles. The number of rotatable bonds is 7. The predicted molar refractivity (Wildman–Crippen MR) is 71.0 cm³/mol. The van der Waals surface area contributed by atoms with Gasteiger partial charge in [0.1, 0.15) is 11.5 Å². The van der Waals surface area contributed by atoms with Crippen molar-refractivity contribution in [2.75, 3.05) is 6.54 Å². The first-order valence-electron chi connectivity index (χ1n) is 6.55. The standard InChI is InChI=1S/C15H21NO2/c1-3-13(2)10-16(11-14-6-4-8-17-14)12-15-7-5-9-18-15/h4-9,13H,3,10-12H2,1-2H3/t13-/m1/s1. The Hall–Kier alpha value is -1.48. The average Bonchev–Trinajstić information content (AvgIpc) is 3.02. The van der Waals surface area contributed by atoms with Crippen molar-refractivity contribution in [2.24, 2.45) is 5.92 Å². The molecule has 0 N–H and O–H groups in total. The van der Waals surface area contributed by atoms with E-state index < -0.39 is 0 Å². The van der Waals surface area contributed by atoms with E-state index in [1.807, 2.05) is 24.3 Å². The molecule has 0 aliphatic rings. The molecule has 0 bridgehead atoms. The maximum Gasteiger partial charge on any atom is 0.117 e. The van der Waals surface area contributed by atoms with Crippen LogP contribution in [0.5, 0.6) is 0 Å². The van der Waals surface area contributed by atoms with E-state index in [2.05, 4.69) is 18.7 Å². The van der Waals surface area contributed by atoms with Crippen LogP contribution in [0.2, 0.25) is 0 Å². The molecule has 98 valence electrons. The Morgan fingerprint density at radius 3 is 2.00 bits per heavy atom. The summed E-state index contributed by atoms with van der Waals surface area (Å²) in [6.07, 6.45) is 4.64. The van der Waals surface area contributed by atoms with Crippen LogP contribution >= 0.6 is 0 Å². The van der Waals surface area contributed by atoms with Gasteiger partial charge in [-0.1, -0.05) is 20.3 Å². The number of hydrogen-bond acceptors (Lipinski definition) is 3. The second-order valence-corrected chi connectivity index (χ2v) is 4.84. The van der Waals surface area contributed by atoms with Crippen LogP contribution in [0, 0.1) is 5.92 Å². The smallest absolute Gasteiger partial charge is 0.117 e. The van der Waals surface area contributed by atoms with Crippen LogP contribution in [-0.4, -0.2) is 11.4 Å². The summed E-state index contributed by atoms with van der Waals surface area (Å²) in [5, 5.41) is 0. The highest BCUT2D eigenvalue weighted by molar-refractivity contribution is 5.01. The lowest BCUT2D eigenvalue weighted by Crippen LogP contribution is -2.27. The van der Waals surface area contributed by atoms with Crippen molar-refractivity contribution in [3.8, 4) is 0 Å². The molecule has 0 aliphatic carbocycles. The van der Waals surface area contributed by atoms with Crippen molar-refractivity contribution in [3.05, 3.63) is 48.3 Å². The number of hydrogen-bond donors (Lipinski definition) is 0. The van der Waals surface area contributed by atoms with Gasteiger partial charge in [0.25, 0.3) is 0 Å². The summed E-state index contributed by atoms with van der Waals surface area (Å²) in [7, 11) is 0. The van der Waals surface area contributed by atoms with Crippen molar-refractivity contribution in [1.29, 1.82) is 0 Å². The van der Waals surface area contributed by atoms with Crippen molar-refractivity contribution in [2.45, 2.75) is 33.4 Å². The zero-order chi connectivity index (χ0) is 12.8. The van der Waals surface area contributed by atoms with Crippen molar-refractivity contribution < 1.29 is 8.83 Å². The molecule has 2 aromatic heterocycles. The van der Waals surface area contributed by atoms with Crippen LogP contribution in [0.3, 0.4) is 0 Å². The third-order valence-corrected chi connectivity index (χ3v) is 3.19. The molecule has 18 heavy (non-hydrogen) atoms. The topological polar surface area (TPSA) is 29.5 Å². The first kappa shape index (κ1) is 13.0. The lowest BCUT2D eigenvalue weighted by Gasteiger charge is -2.23. The molecule has 0 saturated carbocycles. The predicted octanol–water partition coefficient (Wildman–Crippen LogP) is 3.92. The van der Waals surface area contributed by atoms with Gasteiger partial charge in [0.15, 0.2) is 0 Å². The Bertz CT molecular complexity index is 383. The highest BCUT2D eigenvalue weighted by Crippen LogP contribution is 2.14. The molecule has 0 saturated heterocycles. The largest absolute Gasteiger partial charge is 0.468 e. The van der Waals surface area contributed by atoms with Gasteiger partial charge in [-0.05, 0) is 30.2 Å². The molecule has 0 aromatic carbocycles. The van der Waals surface area contributed by atoms with Gasteiger partial charge < -0.3 is 8.83 Å². The minimum atomic E-state index is 0.676. The summed E-state index contributed by atoms with van der Waals surface area (Å²) >= 11 is 0. The van der Waals surface area contributed by atoms with E-state index in [9.17, 15) is 0 Å². The highest BCUT2D eigenvalue weighted by atomic mass is 16.3. The van der Waals surface area contributed by atoms with Crippen LogP contribution in [0.1, 0.15) is 31.8 Å². The summed E-state index contributed by atoms with van der Waals surface area (Å²) in [5.41, 5.74) is 0. The molecule has 0 amide bonds.